The monoisotopic (exact) mass is 384 g/mol. The molecule has 142 valence electrons. The largest absolute Gasteiger partial charge is 0.467 e. The van der Waals surface area contributed by atoms with Gasteiger partial charge in [-0.3, -0.25) is 4.79 Å². The third-order valence-electron chi connectivity index (χ3n) is 4.16. The van der Waals surface area contributed by atoms with Crippen LogP contribution in [0.25, 0.3) is 11.4 Å². The molecule has 0 aliphatic rings. The van der Waals surface area contributed by atoms with Gasteiger partial charge in [-0.1, -0.05) is 42.4 Å². The number of hydrogen-bond acceptors (Lipinski definition) is 5. The van der Waals surface area contributed by atoms with Crippen molar-refractivity contribution in [2.75, 3.05) is 12.8 Å². The van der Waals surface area contributed by atoms with E-state index in [0.717, 1.165) is 35.3 Å². The minimum atomic E-state index is 0.0274. The molecule has 0 spiro atoms. The second kappa shape index (κ2) is 8.90. The van der Waals surface area contributed by atoms with Crippen LogP contribution in [0.4, 0.5) is 0 Å². The molecule has 0 aliphatic carbocycles. The molecule has 3 rings (SSSR count). The van der Waals surface area contributed by atoms with Crippen molar-refractivity contribution in [1.82, 2.24) is 19.7 Å². The first-order valence-electron chi connectivity index (χ1n) is 8.98. The van der Waals surface area contributed by atoms with Crippen LogP contribution in [0, 0.1) is 6.92 Å². The molecule has 2 heterocycles. The molecule has 1 aromatic carbocycles. The van der Waals surface area contributed by atoms with Crippen molar-refractivity contribution >= 4 is 17.7 Å². The third-order valence-corrected chi connectivity index (χ3v) is 5.12. The SMILES string of the molecule is CCCn1c(SCC(=O)N(C)Cc2ccco2)nnc1-c1cccc(C)c1. The van der Waals surface area contributed by atoms with E-state index in [1.165, 1.54) is 17.3 Å². The van der Waals surface area contributed by atoms with Gasteiger partial charge in [0.15, 0.2) is 11.0 Å². The molecule has 3 aromatic rings. The van der Waals surface area contributed by atoms with Gasteiger partial charge >= 0.3 is 0 Å². The smallest absolute Gasteiger partial charge is 0.233 e. The Hall–Kier alpha value is -2.54. The molecule has 27 heavy (non-hydrogen) atoms. The van der Waals surface area contributed by atoms with E-state index in [1.54, 1.807) is 18.2 Å². The van der Waals surface area contributed by atoms with Crippen molar-refractivity contribution in [3.63, 3.8) is 0 Å². The maximum atomic E-state index is 12.4. The summed E-state index contributed by atoms with van der Waals surface area (Å²) in [6.07, 6.45) is 2.58. The first-order valence-corrected chi connectivity index (χ1v) is 9.96. The normalized spacial score (nSPS) is 10.9. The molecule has 0 unspecified atom stereocenters. The number of nitrogens with zero attached hydrogens (tertiary/aromatic N) is 4. The number of aromatic nitrogens is 3. The molecular weight excluding hydrogens is 360 g/mol. The van der Waals surface area contributed by atoms with E-state index >= 15 is 0 Å². The average molecular weight is 385 g/mol. The minimum absolute atomic E-state index is 0.0274. The summed E-state index contributed by atoms with van der Waals surface area (Å²) in [5, 5.41) is 9.49. The van der Waals surface area contributed by atoms with Gasteiger partial charge in [-0.15, -0.1) is 10.2 Å². The van der Waals surface area contributed by atoms with Crippen molar-refractivity contribution in [2.24, 2.45) is 0 Å². The van der Waals surface area contributed by atoms with Gasteiger partial charge in [0.25, 0.3) is 0 Å². The zero-order chi connectivity index (χ0) is 19.2. The van der Waals surface area contributed by atoms with E-state index in [9.17, 15) is 4.79 Å². The van der Waals surface area contributed by atoms with Crippen molar-refractivity contribution in [1.29, 1.82) is 0 Å². The molecule has 0 saturated heterocycles. The van der Waals surface area contributed by atoms with Crippen LogP contribution in [0.3, 0.4) is 0 Å². The molecule has 0 fully saturated rings. The van der Waals surface area contributed by atoms with Crippen LogP contribution in [-0.2, 0) is 17.9 Å². The van der Waals surface area contributed by atoms with Gasteiger partial charge in [0.2, 0.25) is 5.91 Å². The van der Waals surface area contributed by atoms with Gasteiger partial charge in [0, 0.05) is 19.2 Å². The highest BCUT2D eigenvalue weighted by atomic mass is 32.2. The second-order valence-electron chi connectivity index (χ2n) is 6.45. The highest BCUT2D eigenvalue weighted by Crippen LogP contribution is 2.25. The standard InChI is InChI=1S/C20H24N4O2S/c1-4-10-24-19(16-8-5-7-15(2)12-16)21-22-20(24)27-14-18(25)23(3)13-17-9-6-11-26-17/h5-9,11-12H,4,10,13-14H2,1-3H3. The predicted octanol–water partition coefficient (Wildman–Crippen LogP) is 4.01. The molecule has 2 aromatic heterocycles. The van der Waals surface area contributed by atoms with E-state index in [-0.39, 0.29) is 5.91 Å². The van der Waals surface area contributed by atoms with Gasteiger partial charge in [-0.05, 0) is 31.5 Å². The van der Waals surface area contributed by atoms with Crippen LogP contribution >= 0.6 is 11.8 Å². The highest BCUT2D eigenvalue weighted by Gasteiger charge is 2.17. The van der Waals surface area contributed by atoms with E-state index in [2.05, 4.69) is 40.7 Å². The number of rotatable bonds is 8. The van der Waals surface area contributed by atoms with Crippen LogP contribution in [-0.4, -0.2) is 38.4 Å². The first-order chi connectivity index (χ1) is 13.1. The van der Waals surface area contributed by atoms with Gasteiger partial charge in [-0.2, -0.15) is 0 Å². The van der Waals surface area contributed by atoms with E-state index in [4.69, 9.17) is 4.42 Å². The molecule has 0 atom stereocenters. The Balaban J connectivity index is 1.70. The van der Waals surface area contributed by atoms with E-state index < -0.39 is 0 Å². The molecule has 1 amide bonds. The fourth-order valence-electron chi connectivity index (χ4n) is 2.78. The summed E-state index contributed by atoms with van der Waals surface area (Å²) in [5.41, 5.74) is 2.23. The molecule has 7 heteroatoms. The molecule has 0 bridgehead atoms. The lowest BCUT2D eigenvalue weighted by Crippen LogP contribution is -2.27. The summed E-state index contributed by atoms with van der Waals surface area (Å²) in [5.74, 6) is 1.96. The number of thioether (sulfide) groups is 1. The Labute approximate surface area is 163 Å². The van der Waals surface area contributed by atoms with Crippen molar-refractivity contribution < 1.29 is 9.21 Å². The van der Waals surface area contributed by atoms with E-state index in [0.29, 0.717) is 12.3 Å². The van der Waals surface area contributed by atoms with Crippen molar-refractivity contribution in [2.45, 2.75) is 38.5 Å². The molecule has 0 saturated carbocycles. The number of aryl methyl sites for hydroxylation is 1. The Morgan fingerprint density at radius 1 is 1.26 bits per heavy atom. The lowest BCUT2D eigenvalue weighted by Gasteiger charge is -2.15. The van der Waals surface area contributed by atoms with Crippen LogP contribution in [0.2, 0.25) is 0 Å². The Morgan fingerprint density at radius 3 is 2.81 bits per heavy atom. The summed E-state index contributed by atoms with van der Waals surface area (Å²) in [4.78, 5) is 14.1. The molecular formula is C20H24N4O2S. The Kier molecular flexibility index (Phi) is 6.34. The molecule has 6 nitrogen and oxygen atoms in total. The summed E-state index contributed by atoms with van der Waals surface area (Å²) in [6, 6.07) is 11.9. The van der Waals surface area contributed by atoms with E-state index in [1.807, 2.05) is 24.3 Å². The van der Waals surface area contributed by atoms with Gasteiger partial charge in [0.1, 0.15) is 5.76 Å². The molecule has 0 aliphatic heterocycles. The summed E-state index contributed by atoms with van der Waals surface area (Å²) >= 11 is 1.42. The Bertz CT molecular complexity index is 889. The summed E-state index contributed by atoms with van der Waals surface area (Å²) in [7, 11) is 1.78. The van der Waals surface area contributed by atoms with Crippen LogP contribution in [0.5, 0.6) is 0 Å². The zero-order valence-electron chi connectivity index (χ0n) is 15.9. The zero-order valence-corrected chi connectivity index (χ0v) is 16.7. The average Bonchev–Trinajstić information content (AvgIpc) is 3.30. The van der Waals surface area contributed by atoms with Gasteiger partial charge < -0.3 is 13.9 Å². The maximum Gasteiger partial charge on any atom is 0.233 e. The highest BCUT2D eigenvalue weighted by molar-refractivity contribution is 7.99. The van der Waals surface area contributed by atoms with Gasteiger partial charge in [-0.25, -0.2) is 0 Å². The number of hydrogen-bond donors (Lipinski definition) is 0. The lowest BCUT2D eigenvalue weighted by molar-refractivity contribution is -0.127. The Morgan fingerprint density at radius 2 is 2.11 bits per heavy atom. The fraction of sp³-hybridized carbons (Fsp3) is 0.350. The van der Waals surface area contributed by atoms with Crippen molar-refractivity contribution in [3.05, 3.63) is 54.0 Å². The number of carbonyl (C=O) groups is 1. The number of amides is 1. The second-order valence-corrected chi connectivity index (χ2v) is 7.39. The fourth-order valence-corrected chi connectivity index (χ4v) is 3.68. The van der Waals surface area contributed by atoms with Gasteiger partial charge in [0.05, 0.1) is 18.6 Å². The number of furan rings is 1. The quantitative estimate of drug-likeness (QED) is 0.549. The van der Waals surface area contributed by atoms with Crippen LogP contribution in [0.15, 0.2) is 52.2 Å². The van der Waals surface area contributed by atoms with Crippen LogP contribution < -0.4 is 0 Å². The summed E-state index contributed by atoms with van der Waals surface area (Å²) < 4.78 is 7.40. The maximum absolute atomic E-state index is 12.4. The summed E-state index contributed by atoms with van der Waals surface area (Å²) in [6.45, 7) is 5.46. The first kappa shape index (κ1) is 19.2. The lowest BCUT2D eigenvalue weighted by atomic mass is 10.1. The topological polar surface area (TPSA) is 64.2 Å². The third kappa shape index (κ3) is 4.80. The minimum Gasteiger partial charge on any atom is -0.467 e. The van der Waals surface area contributed by atoms with Crippen LogP contribution in [0.1, 0.15) is 24.7 Å². The molecule has 0 N–H and O–H groups in total. The van der Waals surface area contributed by atoms with Crippen molar-refractivity contribution in [3.8, 4) is 11.4 Å². The molecule has 0 radical (unpaired) electrons. The predicted molar refractivity (Wildman–Crippen MR) is 106 cm³/mol. The number of benzene rings is 1. The number of carbonyl (C=O) groups excluding carboxylic acids is 1.